The van der Waals surface area contributed by atoms with E-state index in [4.69, 9.17) is 11.6 Å². The predicted octanol–water partition coefficient (Wildman–Crippen LogP) is 6.29. The number of nitrogens with one attached hydrogen (secondary N) is 3. The highest BCUT2D eigenvalue weighted by atomic mass is 35.5. The van der Waals surface area contributed by atoms with Crippen LogP contribution in [-0.2, 0) is 21.5 Å². The van der Waals surface area contributed by atoms with Crippen LogP contribution in [0.4, 0.5) is 5.69 Å². The largest absolute Gasteiger partial charge is 0.384 e. The summed E-state index contributed by atoms with van der Waals surface area (Å²) in [5, 5.41) is 7.50. The van der Waals surface area contributed by atoms with Gasteiger partial charge in [-0.3, -0.25) is 9.59 Å². The molecular formula is C37H42ClN5O4S2. The molecule has 5 rings (SSSR count). The van der Waals surface area contributed by atoms with Crippen LogP contribution in [0.3, 0.4) is 0 Å². The molecule has 0 spiro atoms. The third-order valence-corrected chi connectivity index (χ3v) is 11.2. The summed E-state index contributed by atoms with van der Waals surface area (Å²) in [7, 11) is -4.03. The first kappa shape index (κ1) is 36.4. The van der Waals surface area contributed by atoms with Crippen LogP contribution in [0, 0.1) is 0 Å². The Morgan fingerprint density at radius 2 is 1.55 bits per heavy atom. The summed E-state index contributed by atoms with van der Waals surface area (Å²) >= 11 is 7.74. The molecule has 0 atom stereocenters. The summed E-state index contributed by atoms with van der Waals surface area (Å²) in [6, 6.07) is 32.8. The lowest BCUT2D eigenvalue weighted by atomic mass is 10.00. The van der Waals surface area contributed by atoms with Crippen molar-refractivity contribution in [1.82, 2.24) is 19.2 Å². The first-order valence-electron chi connectivity index (χ1n) is 16.4. The number of carbonyl (C=O) groups excluding carboxylic acids is 2. The maximum absolute atomic E-state index is 13.1. The Hall–Kier alpha value is -3.87. The Morgan fingerprint density at radius 1 is 0.878 bits per heavy atom. The number of benzene rings is 4. The van der Waals surface area contributed by atoms with Crippen LogP contribution in [0.2, 0.25) is 5.02 Å². The van der Waals surface area contributed by atoms with Crippen LogP contribution in [0.25, 0.3) is 11.1 Å². The van der Waals surface area contributed by atoms with Gasteiger partial charge in [-0.2, -0.15) is 12.7 Å². The molecule has 9 nitrogen and oxygen atoms in total. The third kappa shape index (κ3) is 10.6. The number of anilines is 1. The van der Waals surface area contributed by atoms with Crippen LogP contribution in [0.15, 0.2) is 108 Å². The van der Waals surface area contributed by atoms with Crippen LogP contribution < -0.4 is 15.4 Å². The van der Waals surface area contributed by atoms with Gasteiger partial charge in [0.2, 0.25) is 5.91 Å². The number of hydrogen-bond donors (Lipinski definition) is 3. The van der Waals surface area contributed by atoms with Crippen LogP contribution in [0.1, 0.15) is 35.7 Å². The Bertz CT molecular complexity index is 1780. The maximum Gasteiger partial charge on any atom is 0.304 e. The highest BCUT2D eigenvalue weighted by molar-refractivity contribution is 7.99. The molecule has 1 saturated heterocycles. The van der Waals surface area contributed by atoms with Crippen molar-refractivity contribution in [2.75, 3.05) is 43.8 Å². The van der Waals surface area contributed by atoms with Crippen LogP contribution >= 0.6 is 23.4 Å². The first-order valence-corrected chi connectivity index (χ1v) is 19.2. The zero-order chi connectivity index (χ0) is 34.6. The van der Waals surface area contributed by atoms with E-state index in [9.17, 15) is 18.0 Å². The summed E-state index contributed by atoms with van der Waals surface area (Å²) < 4.78 is 29.7. The number of halogens is 1. The van der Waals surface area contributed by atoms with Gasteiger partial charge in [0.15, 0.2) is 0 Å². The van der Waals surface area contributed by atoms with Gasteiger partial charge < -0.3 is 15.5 Å². The van der Waals surface area contributed by atoms with E-state index in [0.29, 0.717) is 44.0 Å². The second-order valence-electron chi connectivity index (χ2n) is 11.8. The Balaban J connectivity index is 1.04. The molecule has 12 heteroatoms. The molecule has 4 aromatic rings. The van der Waals surface area contributed by atoms with Gasteiger partial charge in [-0.05, 0) is 78.1 Å². The fraction of sp³-hybridized carbons (Fsp3) is 0.297. The van der Waals surface area contributed by atoms with E-state index in [1.165, 1.54) is 9.87 Å². The molecule has 1 aliphatic heterocycles. The molecule has 2 amide bonds. The number of carbonyl (C=O) groups is 2. The van der Waals surface area contributed by atoms with Gasteiger partial charge >= 0.3 is 10.2 Å². The highest BCUT2D eigenvalue weighted by Gasteiger charge is 2.32. The number of thioether (sulfide) groups is 1. The van der Waals surface area contributed by atoms with Crippen molar-refractivity contribution in [1.29, 1.82) is 0 Å². The lowest BCUT2D eigenvalue weighted by Gasteiger charge is -2.37. The zero-order valence-corrected chi connectivity index (χ0v) is 29.9. The molecule has 0 unspecified atom stereocenters. The van der Waals surface area contributed by atoms with Crippen molar-refractivity contribution in [2.24, 2.45) is 0 Å². The summed E-state index contributed by atoms with van der Waals surface area (Å²) in [6.07, 6.45) is 1.02. The topological polar surface area (TPSA) is 111 Å². The quantitative estimate of drug-likeness (QED) is 0.0979. The minimum Gasteiger partial charge on any atom is -0.384 e. The van der Waals surface area contributed by atoms with Crippen LogP contribution in [-0.4, -0.2) is 74.0 Å². The van der Waals surface area contributed by atoms with E-state index in [-0.39, 0.29) is 30.6 Å². The monoisotopic (exact) mass is 719 g/mol. The standard InChI is InChI=1S/C37H42ClN5O4S2/c1-28(44)43(25-26-48-35-8-3-2-4-9-35)34-19-23-42(24-20-34)49(46,47)41-37(45)30-13-17-33(18-14-30)40-22-21-39-27-31-7-5-6-10-36(31)29-11-15-32(38)16-12-29/h2-18,34,39-40H,19-27H2,1H3,(H,41,45). The molecular weight excluding hydrogens is 678 g/mol. The maximum atomic E-state index is 13.1. The molecule has 1 aliphatic rings. The van der Waals surface area contributed by atoms with E-state index < -0.39 is 16.1 Å². The normalized spacial score (nSPS) is 13.9. The predicted molar refractivity (Wildman–Crippen MR) is 199 cm³/mol. The molecule has 1 fully saturated rings. The fourth-order valence-electron chi connectivity index (χ4n) is 5.85. The number of amides is 2. The number of rotatable bonds is 15. The SMILES string of the molecule is CC(=O)N(CCSc1ccccc1)C1CCN(S(=O)(=O)NC(=O)c2ccc(NCCNCc3ccccc3-c3ccc(Cl)cc3)cc2)CC1. The van der Waals surface area contributed by atoms with E-state index in [0.717, 1.165) is 27.5 Å². The van der Waals surface area contributed by atoms with Crippen molar-refractivity contribution < 1.29 is 18.0 Å². The van der Waals surface area contributed by atoms with E-state index >= 15 is 0 Å². The molecule has 3 N–H and O–H groups in total. The Kier molecular flexibility index (Phi) is 13.1. The Morgan fingerprint density at radius 3 is 2.24 bits per heavy atom. The van der Waals surface area contributed by atoms with Crippen molar-refractivity contribution >= 4 is 51.1 Å². The van der Waals surface area contributed by atoms with Gasteiger partial charge in [-0.15, -0.1) is 11.8 Å². The third-order valence-electron chi connectivity index (χ3n) is 8.44. The fourth-order valence-corrected chi connectivity index (χ4v) is 8.03. The molecule has 0 bridgehead atoms. The molecule has 0 aromatic heterocycles. The lowest BCUT2D eigenvalue weighted by molar-refractivity contribution is -0.131. The first-order chi connectivity index (χ1) is 23.7. The molecule has 258 valence electrons. The summed E-state index contributed by atoms with van der Waals surface area (Å²) in [5.41, 5.74) is 4.53. The van der Waals surface area contributed by atoms with Gasteiger partial charge in [-0.1, -0.05) is 66.2 Å². The van der Waals surface area contributed by atoms with Crippen molar-refractivity contribution in [3.05, 3.63) is 119 Å². The summed E-state index contributed by atoms with van der Waals surface area (Å²) in [6.45, 7) is 4.67. The van der Waals surface area contributed by atoms with Gasteiger partial charge in [0.1, 0.15) is 0 Å². The van der Waals surface area contributed by atoms with Gasteiger partial charge in [0.25, 0.3) is 5.91 Å². The molecule has 49 heavy (non-hydrogen) atoms. The van der Waals surface area contributed by atoms with E-state index in [2.05, 4.69) is 27.5 Å². The van der Waals surface area contributed by atoms with E-state index in [1.807, 2.05) is 71.6 Å². The average molecular weight is 720 g/mol. The molecule has 0 aliphatic carbocycles. The lowest BCUT2D eigenvalue weighted by Crippen LogP contribution is -2.52. The number of piperidine rings is 1. The van der Waals surface area contributed by atoms with Gasteiger partial charge in [0, 0.05) is 79.2 Å². The number of nitrogens with zero attached hydrogens (tertiary/aromatic N) is 2. The summed E-state index contributed by atoms with van der Waals surface area (Å²) in [5.74, 6) is 0.0518. The average Bonchev–Trinajstić information content (AvgIpc) is 3.11. The van der Waals surface area contributed by atoms with Crippen molar-refractivity contribution in [3.63, 3.8) is 0 Å². The van der Waals surface area contributed by atoms with Crippen molar-refractivity contribution in [2.45, 2.75) is 37.2 Å². The van der Waals surface area contributed by atoms with Gasteiger partial charge in [0.05, 0.1) is 0 Å². The Labute approximate surface area is 298 Å². The van der Waals surface area contributed by atoms with Crippen molar-refractivity contribution in [3.8, 4) is 11.1 Å². The molecule has 1 heterocycles. The smallest absolute Gasteiger partial charge is 0.304 e. The van der Waals surface area contributed by atoms with Gasteiger partial charge in [-0.25, -0.2) is 4.72 Å². The minimum absolute atomic E-state index is 0.0199. The second-order valence-corrected chi connectivity index (χ2v) is 15.1. The highest BCUT2D eigenvalue weighted by Crippen LogP contribution is 2.25. The number of hydrogen-bond acceptors (Lipinski definition) is 7. The van der Waals surface area contributed by atoms with Crippen LogP contribution in [0.5, 0.6) is 0 Å². The minimum atomic E-state index is -4.03. The van der Waals surface area contributed by atoms with E-state index in [1.54, 1.807) is 43.0 Å². The second kappa shape index (κ2) is 17.7. The molecule has 0 saturated carbocycles. The molecule has 4 aromatic carbocycles. The molecule has 0 radical (unpaired) electrons. The summed E-state index contributed by atoms with van der Waals surface area (Å²) in [4.78, 5) is 28.3. The zero-order valence-electron chi connectivity index (χ0n) is 27.5.